The van der Waals surface area contributed by atoms with Crippen LogP contribution in [0.4, 0.5) is 8.78 Å². The fraction of sp³-hybridized carbons (Fsp3) is 0.278. The first-order valence-electron chi connectivity index (χ1n) is 7.81. The minimum absolute atomic E-state index is 0.0199. The summed E-state index contributed by atoms with van der Waals surface area (Å²) in [6.45, 7) is 0.0451. The zero-order chi connectivity index (χ0) is 18.2. The van der Waals surface area contributed by atoms with E-state index >= 15 is 0 Å². The molecule has 0 unspecified atom stereocenters. The fourth-order valence-corrected chi connectivity index (χ4v) is 3.23. The number of amides is 1. The van der Waals surface area contributed by atoms with E-state index in [0.717, 1.165) is 31.2 Å². The summed E-state index contributed by atoms with van der Waals surface area (Å²) >= 11 is 0. The first-order chi connectivity index (χ1) is 11.8. The van der Waals surface area contributed by atoms with E-state index in [4.69, 9.17) is 0 Å². The van der Waals surface area contributed by atoms with Gasteiger partial charge in [0.05, 0.1) is 4.90 Å². The molecule has 1 fully saturated rings. The van der Waals surface area contributed by atoms with Crippen LogP contribution in [-0.2, 0) is 16.4 Å². The number of carbonyl (C=O) groups excluding carboxylic acids is 1. The Hall–Kier alpha value is -2.28. The molecule has 132 valence electrons. The van der Waals surface area contributed by atoms with Gasteiger partial charge in [-0.05, 0) is 43.2 Å². The van der Waals surface area contributed by atoms with E-state index in [1.165, 1.54) is 30.3 Å². The van der Waals surface area contributed by atoms with Crippen molar-refractivity contribution in [2.45, 2.75) is 30.3 Å². The van der Waals surface area contributed by atoms with Crippen LogP contribution >= 0.6 is 0 Å². The summed E-state index contributed by atoms with van der Waals surface area (Å²) in [6.07, 6.45) is 2.75. The van der Waals surface area contributed by atoms with Crippen LogP contribution in [0.5, 0.6) is 0 Å². The second kappa shape index (κ2) is 6.55. The molecule has 0 heterocycles. The molecule has 0 spiro atoms. The molecule has 0 saturated heterocycles. The zero-order valence-electron chi connectivity index (χ0n) is 13.6. The molecule has 1 saturated carbocycles. The maximum atomic E-state index is 13.9. The van der Waals surface area contributed by atoms with Crippen molar-refractivity contribution >= 4 is 15.7 Å². The van der Waals surface area contributed by atoms with Crippen LogP contribution in [0.15, 0.2) is 47.4 Å². The third kappa shape index (κ3) is 4.04. The number of nitrogens with zero attached hydrogens (tertiary/aromatic N) is 1. The summed E-state index contributed by atoms with van der Waals surface area (Å²) in [5, 5.41) is 0. The minimum Gasteiger partial charge on any atom is -0.331 e. The molecule has 0 aliphatic heterocycles. The molecule has 1 aliphatic rings. The smallest absolute Gasteiger partial charge is 0.254 e. The van der Waals surface area contributed by atoms with Gasteiger partial charge in [-0.2, -0.15) is 0 Å². The lowest BCUT2D eigenvalue weighted by atomic mass is 10.1. The number of hydrogen-bond acceptors (Lipinski definition) is 3. The third-order valence-corrected chi connectivity index (χ3v) is 5.26. The molecule has 3 rings (SSSR count). The fourth-order valence-electron chi connectivity index (χ4n) is 2.60. The largest absolute Gasteiger partial charge is 0.331 e. The van der Waals surface area contributed by atoms with Crippen molar-refractivity contribution in [3.8, 4) is 0 Å². The highest BCUT2D eigenvalue weighted by atomic mass is 32.2. The number of carbonyl (C=O) groups is 1. The lowest BCUT2D eigenvalue weighted by Gasteiger charge is -2.23. The topological polar surface area (TPSA) is 54.5 Å². The molecule has 25 heavy (non-hydrogen) atoms. The number of rotatable bonds is 5. The van der Waals surface area contributed by atoms with Gasteiger partial charge in [0.25, 0.3) is 5.91 Å². The lowest BCUT2D eigenvalue weighted by molar-refractivity contribution is 0.0728. The summed E-state index contributed by atoms with van der Waals surface area (Å²) in [7, 11) is -3.34. The van der Waals surface area contributed by atoms with Gasteiger partial charge >= 0.3 is 0 Å². The van der Waals surface area contributed by atoms with Crippen molar-refractivity contribution in [3.63, 3.8) is 0 Å². The van der Waals surface area contributed by atoms with Crippen molar-refractivity contribution in [3.05, 3.63) is 65.2 Å². The van der Waals surface area contributed by atoms with Gasteiger partial charge in [-0.1, -0.05) is 6.07 Å². The number of benzene rings is 2. The van der Waals surface area contributed by atoms with Crippen LogP contribution < -0.4 is 0 Å². The molecular formula is C18H17F2NO3S. The maximum absolute atomic E-state index is 13.9. The van der Waals surface area contributed by atoms with Crippen molar-refractivity contribution < 1.29 is 22.0 Å². The van der Waals surface area contributed by atoms with Gasteiger partial charge in [0.1, 0.15) is 11.6 Å². The molecule has 2 aromatic rings. The van der Waals surface area contributed by atoms with Crippen molar-refractivity contribution in [2.75, 3.05) is 6.26 Å². The summed E-state index contributed by atoms with van der Waals surface area (Å²) < 4.78 is 50.0. The first-order valence-corrected chi connectivity index (χ1v) is 9.70. The standard InChI is InChI=1S/C18H17F2NO3S/c1-25(23,24)16-8-3-12(4-9-16)18(22)21(15-6-7-15)11-13-2-5-14(19)10-17(13)20/h2-5,8-10,15H,6-7,11H2,1H3. The second-order valence-corrected chi connectivity index (χ2v) is 8.21. The summed E-state index contributed by atoms with van der Waals surface area (Å²) in [6, 6.07) is 8.98. The van der Waals surface area contributed by atoms with Gasteiger partial charge in [-0.15, -0.1) is 0 Å². The Bertz CT molecular complexity index is 906. The molecule has 0 atom stereocenters. The lowest BCUT2D eigenvalue weighted by Crippen LogP contribution is -2.33. The van der Waals surface area contributed by atoms with E-state index in [1.54, 1.807) is 4.90 Å². The quantitative estimate of drug-likeness (QED) is 0.818. The van der Waals surface area contributed by atoms with E-state index in [1.807, 2.05) is 0 Å². The number of sulfone groups is 1. The van der Waals surface area contributed by atoms with Crippen LogP contribution in [0.3, 0.4) is 0 Å². The van der Waals surface area contributed by atoms with E-state index in [2.05, 4.69) is 0 Å². The van der Waals surface area contributed by atoms with Crippen molar-refractivity contribution in [2.24, 2.45) is 0 Å². The SMILES string of the molecule is CS(=O)(=O)c1ccc(C(=O)N(Cc2ccc(F)cc2F)C2CC2)cc1. The Morgan fingerprint density at radius 1 is 1.12 bits per heavy atom. The first kappa shape index (κ1) is 17.5. The van der Waals surface area contributed by atoms with Gasteiger partial charge in [-0.3, -0.25) is 4.79 Å². The Labute approximate surface area is 145 Å². The van der Waals surface area contributed by atoms with Gasteiger partial charge in [0.2, 0.25) is 0 Å². The normalized spacial score (nSPS) is 14.4. The monoisotopic (exact) mass is 365 g/mol. The highest BCUT2D eigenvalue weighted by molar-refractivity contribution is 7.90. The molecule has 7 heteroatoms. The molecule has 1 aliphatic carbocycles. The Morgan fingerprint density at radius 3 is 2.28 bits per heavy atom. The Kier molecular flexibility index (Phi) is 4.60. The molecule has 4 nitrogen and oxygen atoms in total. The second-order valence-electron chi connectivity index (χ2n) is 6.20. The van der Waals surface area contributed by atoms with Crippen LogP contribution in [0, 0.1) is 11.6 Å². The molecular weight excluding hydrogens is 348 g/mol. The van der Waals surface area contributed by atoms with Gasteiger partial charge in [0.15, 0.2) is 9.84 Å². The van der Waals surface area contributed by atoms with Crippen LogP contribution in [-0.4, -0.2) is 31.5 Å². The van der Waals surface area contributed by atoms with Crippen LogP contribution in [0.1, 0.15) is 28.8 Å². The van der Waals surface area contributed by atoms with Gasteiger partial charge in [0, 0.05) is 36.0 Å². The molecule has 1 amide bonds. The molecule has 0 aromatic heterocycles. The van der Waals surface area contributed by atoms with E-state index in [-0.39, 0.29) is 29.0 Å². The summed E-state index contributed by atoms with van der Waals surface area (Å²) in [5.74, 6) is -1.65. The third-order valence-electron chi connectivity index (χ3n) is 4.13. The van der Waals surface area contributed by atoms with E-state index in [0.29, 0.717) is 5.56 Å². The van der Waals surface area contributed by atoms with Crippen molar-refractivity contribution in [1.82, 2.24) is 4.90 Å². The van der Waals surface area contributed by atoms with Gasteiger partial charge in [-0.25, -0.2) is 17.2 Å². The highest BCUT2D eigenvalue weighted by Crippen LogP contribution is 2.30. The number of halogens is 2. The van der Waals surface area contributed by atoms with Gasteiger partial charge < -0.3 is 4.90 Å². The van der Waals surface area contributed by atoms with Crippen LogP contribution in [0.2, 0.25) is 0 Å². The van der Waals surface area contributed by atoms with E-state index in [9.17, 15) is 22.0 Å². The minimum atomic E-state index is -3.34. The summed E-state index contributed by atoms with van der Waals surface area (Å²) in [5.41, 5.74) is 0.580. The Morgan fingerprint density at radius 2 is 1.76 bits per heavy atom. The van der Waals surface area contributed by atoms with Crippen molar-refractivity contribution in [1.29, 1.82) is 0 Å². The predicted molar refractivity (Wildman–Crippen MR) is 88.8 cm³/mol. The molecule has 0 N–H and O–H groups in total. The molecule has 2 aromatic carbocycles. The maximum Gasteiger partial charge on any atom is 0.254 e. The molecule has 0 radical (unpaired) electrons. The van der Waals surface area contributed by atoms with Crippen LogP contribution in [0.25, 0.3) is 0 Å². The summed E-state index contributed by atoms with van der Waals surface area (Å²) in [4.78, 5) is 14.4. The average Bonchev–Trinajstić information content (AvgIpc) is 3.38. The highest BCUT2D eigenvalue weighted by Gasteiger charge is 2.33. The molecule has 0 bridgehead atoms. The van der Waals surface area contributed by atoms with E-state index < -0.39 is 21.5 Å². The zero-order valence-corrected chi connectivity index (χ0v) is 14.4. The predicted octanol–water partition coefficient (Wildman–Crippen LogP) is 3.17. The Balaban J connectivity index is 1.84. The number of hydrogen-bond donors (Lipinski definition) is 0. The average molecular weight is 365 g/mol.